The molecule has 0 amide bonds. The monoisotopic (exact) mass is 305 g/mol. The number of carboxylic acids is 1. The third-order valence-electron chi connectivity index (χ3n) is 3.72. The highest BCUT2D eigenvalue weighted by Crippen LogP contribution is 2.29. The van der Waals surface area contributed by atoms with Gasteiger partial charge in [-0.3, -0.25) is 4.79 Å². The molecule has 5 nitrogen and oxygen atoms in total. The number of hydrogen-bond acceptors (Lipinski definition) is 4. The van der Waals surface area contributed by atoms with Crippen molar-refractivity contribution >= 4 is 17.3 Å². The van der Waals surface area contributed by atoms with Crippen molar-refractivity contribution in [3.05, 3.63) is 44.2 Å². The number of hydrogen-bond donors (Lipinski definition) is 1. The lowest BCUT2D eigenvalue weighted by Gasteiger charge is -2.25. The van der Waals surface area contributed by atoms with Gasteiger partial charge in [0.05, 0.1) is 24.5 Å². The van der Waals surface area contributed by atoms with Gasteiger partial charge in [0.15, 0.2) is 0 Å². The van der Waals surface area contributed by atoms with Crippen molar-refractivity contribution in [2.45, 2.75) is 27.0 Å². The van der Waals surface area contributed by atoms with Crippen LogP contribution in [0.5, 0.6) is 0 Å². The summed E-state index contributed by atoms with van der Waals surface area (Å²) in [5.41, 5.74) is 2.26. The van der Waals surface area contributed by atoms with E-state index < -0.39 is 11.4 Å². The molecule has 0 saturated heterocycles. The van der Waals surface area contributed by atoms with Crippen LogP contribution in [0.15, 0.2) is 16.2 Å². The Morgan fingerprint density at radius 2 is 2.19 bits per heavy atom. The van der Waals surface area contributed by atoms with Gasteiger partial charge in [0.25, 0.3) is 0 Å². The van der Waals surface area contributed by atoms with Gasteiger partial charge in [-0.05, 0) is 30.9 Å². The van der Waals surface area contributed by atoms with Crippen molar-refractivity contribution in [3.63, 3.8) is 0 Å². The number of carboxylic acid groups (broad SMARTS) is 1. The van der Waals surface area contributed by atoms with Crippen molar-refractivity contribution in [1.82, 2.24) is 4.57 Å². The van der Waals surface area contributed by atoms with Crippen LogP contribution in [0.25, 0.3) is 10.4 Å². The fraction of sp³-hybridized carbons (Fsp3) is 0.333. The predicted molar refractivity (Wildman–Crippen MR) is 80.1 cm³/mol. The molecule has 0 radical (unpaired) electrons. The van der Waals surface area contributed by atoms with Crippen LogP contribution in [0, 0.1) is 13.8 Å². The molecular weight excluding hydrogens is 290 g/mol. The van der Waals surface area contributed by atoms with E-state index in [0.29, 0.717) is 24.4 Å². The van der Waals surface area contributed by atoms with Crippen molar-refractivity contribution in [1.29, 1.82) is 0 Å². The Hall–Kier alpha value is -1.92. The molecule has 0 saturated carbocycles. The highest BCUT2D eigenvalue weighted by Gasteiger charge is 2.26. The van der Waals surface area contributed by atoms with Gasteiger partial charge in [-0.2, -0.15) is 0 Å². The molecule has 0 aromatic carbocycles. The number of thiophene rings is 1. The maximum absolute atomic E-state index is 12.7. The van der Waals surface area contributed by atoms with Gasteiger partial charge in [0.1, 0.15) is 5.56 Å². The summed E-state index contributed by atoms with van der Waals surface area (Å²) in [5.74, 6) is -1.19. The van der Waals surface area contributed by atoms with E-state index in [1.165, 1.54) is 11.3 Å². The lowest BCUT2D eigenvalue weighted by atomic mass is 10.0. The Labute approximate surface area is 125 Å². The fourth-order valence-electron chi connectivity index (χ4n) is 2.74. The molecule has 21 heavy (non-hydrogen) atoms. The molecule has 0 spiro atoms. The highest BCUT2D eigenvalue weighted by molar-refractivity contribution is 7.13. The van der Waals surface area contributed by atoms with Gasteiger partial charge in [0.2, 0.25) is 5.43 Å². The smallest absolute Gasteiger partial charge is 0.341 e. The standard InChI is InChI=1S/C15H15NO4S/c1-8-5-11(21-7-8)12-9(2)16-3-4-20-6-10(16)13(14(12)17)15(18)19/h5,7H,3-4,6H2,1-2H3,(H,18,19). The summed E-state index contributed by atoms with van der Waals surface area (Å²) < 4.78 is 7.23. The van der Waals surface area contributed by atoms with Crippen molar-refractivity contribution in [2.75, 3.05) is 6.61 Å². The molecule has 110 valence electrons. The summed E-state index contributed by atoms with van der Waals surface area (Å²) in [6, 6.07) is 1.92. The molecule has 3 heterocycles. The van der Waals surface area contributed by atoms with Gasteiger partial charge in [-0.25, -0.2) is 4.79 Å². The minimum Gasteiger partial charge on any atom is -0.477 e. The molecule has 6 heteroatoms. The molecule has 0 unspecified atom stereocenters. The molecule has 3 rings (SSSR count). The van der Waals surface area contributed by atoms with Crippen LogP contribution >= 0.6 is 11.3 Å². The number of rotatable bonds is 2. The van der Waals surface area contributed by atoms with Crippen LogP contribution in [0.1, 0.15) is 27.3 Å². The van der Waals surface area contributed by atoms with Crippen LogP contribution < -0.4 is 5.43 Å². The average Bonchev–Trinajstić information content (AvgIpc) is 2.85. The number of fused-ring (bicyclic) bond motifs is 1. The average molecular weight is 305 g/mol. The summed E-state index contributed by atoms with van der Waals surface area (Å²) in [6.07, 6.45) is 0. The molecular formula is C15H15NO4S. The normalized spacial score (nSPS) is 14.0. The number of aromatic carboxylic acids is 1. The highest BCUT2D eigenvalue weighted by atomic mass is 32.1. The number of carbonyl (C=O) groups is 1. The van der Waals surface area contributed by atoms with Gasteiger partial charge < -0.3 is 14.4 Å². The Morgan fingerprint density at radius 1 is 1.43 bits per heavy atom. The summed E-state index contributed by atoms with van der Waals surface area (Å²) in [6.45, 7) is 5.09. The summed E-state index contributed by atoms with van der Waals surface area (Å²) >= 11 is 1.46. The van der Waals surface area contributed by atoms with Gasteiger partial charge in [-0.1, -0.05) is 0 Å². The first-order chi connectivity index (χ1) is 10.0. The van der Waals surface area contributed by atoms with E-state index in [1.54, 1.807) is 0 Å². The van der Waals surface area contributed by atoms with Crippen molar-refractivity contribution in [3.8, 4) is 10.4 Å². The first-order valence-electron chi connectivity index (χ1n) is 6.63. The van der Waals surface area contributed by atoms with Crippen molar-refractivity contribution in [2.24, 2.45) is 0 Å². The molecule has 1 aliphatic heterocycles. The van der Waals surface area contributed by atoms with Crippen LogP contribution in [0.4, 0.5) is 0 Å². The van der Waals surface area contributed by atoms with Crippen LogP contribution in [-0.4, -0.2) is 22.2 Å². The Morgan fingerprint density at radius 3 is 2.81 bits per heavy atom. The molecule has 2 aromatic rings. The predicted octanol–water partition coefficient (Wildman–Crippen LogP) is 2.42. The molecule has 2 aromatic heterocycles. The third kappa shape index (κ3) is 2.20. The quantitative estimate of drug-likeness (QED) is 0.925. The van der Waals surface area contributed by atoms with Crippen molar-refractivity contribution < 1.29 is 14.6 Å². The molecule has 0 fully saturated rings. The maximum Gasteiger partial charge on any atom is 0.341 e. The first kappa shape index (κ1) is 14.0. The second-order valence-corrected chi connectivity index (χ2v) is 6.02. The van der Waals surface area contributed by atoms with E-state index in [2.05, 4.69) is 0 Å². The molecule has 0 aliphatic carbocycles. The number of aromatic nitrogens is 1. The zero-order chi connectivity index (χ0) is 15.1. The van der Waals surface area contributed by atoms with Gasteiger partial charge in [-0.15, -0.1) is 11.3 Å². The minimum atomic E-state index is -1.19. The Kier molecular flexibility index (Phi) is 3.43. The van der Waals surface area contributed by atoms with E-state index >= 15 is 0 Å². The zero-order valence-electron chi connectivity index (χ0n) is 11.8. The first-order valence-corrected chi connectivity index (χ1v) is 7.51. The zero-order valence-corrected chi connectivity index (χ0v) is 12.6. The van der Waals surface area contributed by atoms with E-state index in [1.807, 2.05) is 29.9 Å². The molecule has 1 aliphatic rings. The van der Waals surface area contributed by atoms with E-state index in [4.69, 9.17) is 4.74 Å². The molecule has 1 N–H and O–H groups in total. The van der Waals surface area contributed by atoms with Crippen LogP contribution in [0.3, 0.4) is 0 Å². The minimum absolute atomic E-state index is 0.165. The number of ether oxygens (including phenoxy) is 1. The largest absolute Gasteiger partial charge is 0.477 e. The van der Waals surface area contributed by atoms with Crippen LogP contribution in [-0.2, 0) is 17.9 Å². The Bertz CT molecular complexity index is 788. The topological polar surface area (TPSA) is 68.5 Å². The number of aryl methyl sites for hydroxylation is 1. The van der Waals surface area contributed by atoms with E-state index in [0.717, 1.165) is 16.1 Å². The van der Waals surface area contributed by atoms with E-state index in [9.17, 15) is 14.7 Å². The van der Waals surface area contributed by atoms with Crippen LogP contribution in [0.2, 0.25) is 0 Å². The SMILES string of the molecule is Cc1csc(-c2c(C)n3c(c(C(=O)O)c2=O)COCC3)c1. The summed E-state index contributed by atoms with van der Waals surface area (Å²) in [5, 5.41) is 11.4. The second kappa shape index (κ2) is 5.13. The number of nitrogens with zero attached hydrogens (tertiary/aromatic N) is 1. The second-order valence-electron chi connectivity index (χ2n) is 5.11. The van der Waals surface area contributed by atoms with Gasteiger partial charge in [0, 0.05) is 17.1 Å². The molecule has 0 bridgehead atoms. The third-order valence-corrected chi connectivity index (χ3v) is 4.79. The molecule has 0 atom stereocenters. The fourth-order valence-corrected chi connectivity index (χ4v) is 3.74. The summed E-state index contributed by atoms with van der Waals surface area (Å²) in [7, 11) is 0. The Balaban J connectivity index is 2.38. The maximum atomic E-state index is 12.7. The van der Waals surface area contributed by atoms with E-state index in [-0.39, 0.29) is 12.2 Å². The number of pyridine rings is 1. The summed E-state index contributed by atoms with van der Waals surface area (Å²) in [4.78, 5) is 25.0. The van der Waals surface area contributed by atoms with Gasteiger partial charge >= 0.3 is 5.97 Å². The lowest BCUT2D eigenvalue weighted by Crippen LogP contribution is -2.31. The lowest BCUT2D eigenvalue weighted by molar-refractivity contribution is 0.0648.